The van der Waals surface area contributed by atoms with E-state index < -0.39 is 23.6 Å². The maximum absolute atomic E-state index is 13.3. The van der Waals surface area contributed by atoms with Gasteiger partial charge in [0, 0.05) is 18.1 Å². The van der Waals surface area contributed by atoms with E-state index in [2.05, 4.69) is 16.4 Å². The van der Waals surface area contributed by atoms with Crippen LogP contribution in [0.1, 0.15) is 43.5 Å². The van der Waals surface area contributed by atoms with Gasteiger partial charge >= 0.3 is 0 Å². The lowest BCUT2D eigenvalue weighted by Gasteiger charge is -2.40. The number of amides is 1. The molecule has 0 aromatic heterocycles. The van der Waals surface area contributed by atoms with E-state index in [9.17, 15) is 19.6 Å². The van der Waals surface area contributed by atoms with Crippen LogP contribution in [0.25, 0.3) is 0 Å². The molecule has 0 spiro atoms. The molecule has 0 aliphatic carbocycles. The molecular weight excluding hydrogens is 361 g/mol. The number of fused-ring (bicyclic) bond motifs is 1. The molecule has 1 aliphatic rings. The number of halogens is 1. The van der Waals surface area contributed by atoms with Crippen LogP contribution in [-0.4, -0.2) is 28.6 Å². The normalized spacial score (nSPS) is 20.5. The summed E-state index contributed by atoms with van der Waals surface area (Å²) in [5.74, 6) is -0.0658. The van der Waals surface area contributed by atoms with E-state index in [-0.39, 0.29) is 11.7 Å². The molecule has 7 heteroatoms. The lowest BCUT2D eigenvalue weighted by Crippen LogP contribution is -2.49. The monoisotopic (exact) mass is 381 g/mol. The summed E-state index contributed by atoms with van der Waals surface area (Å²) in [6, 6.07) is 11.7. The number of carbonyl (C=O) groups excluding carboxylic acids is 1. The number of aliphatic hydroxyl groups is 1. The summed E-state index contributed by atoms with van der Waals surface area (Å²) in [6.07, 6.45) is -1.04. The van der Waals surface area contributed by atoms with E-state index in [0.29, 0.717) is 22.4 Å². The number of amidine groups is 1. The fraction of sp³-hybridized carbons (Fsp3) is 0.286. The van der Waals surface area contributed by atoms with Crippen LogP contribution >= 0.6 is 0 Å². The number of hydrogen-bond acceptors (Lipinski definition) is 5. The first-order chi connectivity index (χ1) is 13.2. The first-order valence-electron chi connectivity index (χ1n) is 8.74. The molecule has 1 amide bonds. The molecule has 2 N–H and O–H groups in total. The van der Waals surface area contributed by atoms with E-state index in [0.717, 1.165) is 0 Å². The molecule has 0 saturated carbocycles. The highest BCUT2D eigenvalue weighted by Gasteiger charge is 2.43. The first-order valence-corrected chi connectivity index (χ1v) is 8.74. The van der Waals surface area contributed by atoms with Gasteiger partial charge in [0.15, 0.2) is 0 Å². The smallest absolute Gasteiger partial charge is 0.222 e. The second-order valence-electron chi connectivity index (χ2n) is 7.13. The van der Waals surface area contributed by atoms with Crippen molar-refractivity contribution in [2.24, 2.45) is 4.99 Å². The van der Waals surface area contributed by atoms with Gasteiger partial charge in [-0.3, -0.25) is 9.79 Å². The van der Waals surface area contributed by atoms with Gasteiger partial charge in [-0.25, -0.2) is 4.39 Å². The number of hydrogen-bond donors (Lipinski definition) is 2. The minimum absolute atomic E-state index is 0.197. The van der Waals surface area contributed by atoms with Gasteiger partial charge in [0.25, 0.3) is 0 Å². The minimum Gasteiger partial charge on any atom is -0.485 e. The number of ether oxygens (including phenoxy) is 1. The number of nitrogens with one attached hydrogen (secondary N) is 1. The average Bonchev–Trinajstić information content (AvgIpc) is 2.64. The standard InChI is InChI=1S/C21H20FN3O3/c1-12(26)24-20(14-5-7-15(22)8-6-14)25-18-16-10-13(11-23)4-9-17(16)28-21(2,3)19(18)27/h4-10,18-19,27H,1-3H3,(H,24,25,26). The Morgan fingerprint density at radius 1 is 1.29 bits per heavy atom. The summed E-state index contributed by atoms with van der Waals surface area (Å²) in [6.45, 7) is 4.81. The number of benzene rings is 2. The predicted octanol–water partition coefficient (Wildman–Crippen LogP) is 2.85. The highest BCUT2D eigenvalue weighted by molar-refractivity contribution is 6.07. The maximum Gasteiger partial charge on any atom is 0.222 e. The minimum atomic E-state index is -1.04. The number of nitrogens with zero attached hydrogens (tertiary/aromatic N) is 2. The number of carbonyl (C=O) groups is 1. The number of rotatable bonds is 2. The highest BCUT2D eigenvalue weighted by atomic mass is 19.1. The second-order valence-corrected chi connectivity index (χ2v) is 7.13. The Kier molecular flexibility index (Phi) is 5.16. The summed E-state index contributed by atoms with van der Waals surface area (Å²) in [5, 5.41) is 22.8. The zero-order valence-electron chi connectivity index (χ0n) is 15.7. The third kappa shape index (κ3) is 3.87. The van der Waals surface area contributed by atoms with Crippen molar-refractivity contribution in [2.45, 2.75) is 38.5 Å². The SMILES string of the molecule is CC(=O)NC(=NC1c2cc(C#N)ccc2OC(C)(C)C1O)c1ccc(F)cc1. The van der Waals surface area contributed by atoms with Crippen molar-refractivity contribution in [1.82, 2.24) is 5.32 Å². The summed E-state index contributed by atoms with van der Waals surface area (Å²) >= 11 is 0. The number of aliphatic hydroxyl groups excluding tert-OH is 1. The fourth-order valence-electron chi connectivity index (χ4n) is 3.07. The largest absolute Gasteiger partial charge is 0.485 e. The molecule has 144 valence electrons. The number of nitriles is 1. The van der Waals surface area contributed by atoms with Crippen molar-refractivity contribution in [1.29, 1.82) is 5.26 Å². The van der Waals surface area contributed by atoms with Crippen LogP contribution in [0, 0.1) is 17.1 Å². The van der Waals surface area contributed by atoms with E-state index in [1.165, 1.54) is 31.2 Å². The fourth-order valence-corrected chi connectivity index (χ4v) is 3.07. The summed E-state index contributed by atoms with van der Waals surface area (Å²) < 4.78 is 19.2. The van der Waals surface area contributed by atoms with Crippen LogP contribution in [0.5, 0.6) is 5.75 Å². The van der Waals surface area contributed by atoms with Gasteiger partial charge < -0.3 is 15.2 Å². The molecule has 0 radical (unpaired) electrons. The maximum atomic E-state index is 13.3. The predicted molar refractivity (Wildman–Crippen MR) is 101 cm³/mol. The Morgan fingerprint density at radius 2 is 1.96 bits per heavy atom. The second kappa shape index (κ2) is 7.41. The van der Waals surface area contributed by atoms with Crippen LogP contribution in [0.15, 0.2) is 47.5 Å². The molecule has 6 nitrogen and oxygen atoms in total. The van der Waals surface area contributed by atoms with Gasteiger partial charge in [-0.15, -0.1) is 0 Å². The molecule has 0 saturated heterocycles. The van der Waals surface area contributed by atoms with Crippen molar-refractivity contribution in [3.8, 4) is 11.8 Å². The van der Waals surface area contributed by atoms with Crippen molar-refractivity contribution in [2.75, 3.05) is 0 Å². The molecule has 1 heterocycles. The van der Waals surface area contributed by atoms with Crippen molar-refractivity contribution >= 4 is 11.7 Å². The summed E-state index contributed by atoms with van der Waals surface area (Å²) in [7, 11) is 0. The topological polar surface area (TPSA) is 94.7 Å². The van der Waals surface area contributed by atoms with Gasteiger partial charge in [0.2, 0.25) is 5.91 Å². The van der Waals surface area contributed by atoms with E-state index in [4.69, 9.17) is 4.74 Å². The lowest BCUT2D eigenvalue weighted by molar-refractivity contribution is -0.117. The van der Waals surface area contributed by atoms with E-state index in [1.807, 2.05) is 0 Å². The number of aliphatic imine (C=N–C) groups is 1. The Bertz CT molecular complexity index is 977. The molecule has 2 aromatic rings. The molecule has 2 aromatic carbocycles. The molecule has 28 heavy (non-hydrogen) atoms. The zero-order chi connectivity index (χ0) is 20.5. The van der Waals surface area contributed by atoms with Gasteiger partial charge in [-0.05, 0) is 56.3 Å². The van der Waals surface area contributed by atoms with Crippen LogP contribution in [-0.2, 0) is 4.79 Å². The molecular formula is C21H20FN3O3. The average molecular weight is 381 g/mol. The van der Waals surface area contributed by atoms with Crippen molar-refractivity contribution < 1.29 is 19.0 Å². The lowest BCUT2D eigenvalue weighted by atomic mass is 9.86. The van der Waals surface area contributed by atoms with Crippen LogP contribution in [0.3, 0.4) is 0 Å². The van der Waals surface area contributed by atoms with Crippen LogP contribution in [0.4, 0.5) is 4.39 Å². The van der Waals surface area contributed by atoms with E-state index >= 15 is 0 Å². The van der Waals surface area contributed by atoms with Gasteiger partial charge in [-0.1, -0.05) is 0 Å². The molecule has 3 rings (SSSR count). The van der Waals surface area contributed by atoms with Gasteiger partial charge in [0.05, 0.1) is 11.6 Å². The molecule has 0 bridgehead atoms. The third-order valence-corrected chi connectivity index (χ3v) is 4.52. The zero-order valence-corrected chi connectivity index (χ0v) is 15.7. The van der Waals surface area contributed by atoms with Crippen LogP contribution in [0.2, 0.25) is 0 Å². The Hall–Kier alpha value is -3.24. The quantitative estimate of drug-likeness (QED) is 0.618. The summed E-state index contributed by atoms with van der Waals surface area (Å²) in [5.41, 5.74) is 0.485. The Morgan fingerprint density at radius 3 is 2.57 bits per heavy atom. The molecule has 1 aliphatic heterocycles. The van der Waals surface area contributed by atoms with Crippen molar-refractivity contribution in [3.63, 3.8) is 0 Å². The van der Waals surface area contributed by atoms with Gasteiger partial charge in [-0.2, -0.15) is 5.26 Å². The Balaban J connectivity index is 2.16. The third-order valence-electron chi connectivity index (χ3n) is 4.52. The van der Waals surface area contributed by atoms with Gasteiger partial charge in [0.1, 0.15) is 35.1 Å². The molecule has 0 fully saturated rings. The van der Waals surface area contributed by atoms with Crippen molar-refractivity contribution in [3.05, 3.63) is 65.0 Å². The molecule has 2 atom stereocenters. The van der Waals surface area contributed by atoms with Crippen LogP contribution < -0.4 is 10.1 Å². The van der Waals surface area contributed by atoms with E-state index in [1.54, 1.807) is 32.0 Å². The molecule has 2 unspecified atom stereocenters. The Labute approximate surface area is 162 Å². The first kappa shape index (κ1) is 19.5. The highest BCUT2D eigenvalue weighted by Crippen LogP contribution is 2.42. The summed E-state index contributed by atoms with van der Waals surface area (Å²) in [4.78, 5) is 16.3.